The molecule has 0 atom stereocenters. The number of carbonyl (C=O) groups excluding carboxylic acids is 2. The highest BCUT2D eigenvalue weighted by Gasteiger charge is 2.19. The first-order chi connectivity index (χ1) is 12.1. The van der Waals surface area contributed by atoms with Crippen LogP contribution in [0.4, 0.5) is 10.5 Å². The fourth-order valence-corrected chi connectivity index (χ4v) is 2.89. The summed E-state index contributed by atoms with van der Waals surface area (Å²) in [5, 5.41) is 5.61. The maximum Gasteiger partial charge on any atom is 0.319 e. The molecule has 3 amide bonds. The lowest BCUT2D eigenvalue weighted by molar-refractivity contribution is 0.0792. The van der Waals surface area contributed by atoms with Gasteiger partial charge in [-0.25, -0.2) is 4.79 Å². The van der Waals surface area contributed by atoms with Gasteiger partial charge in [0, 0.05) is 43.3 Å². The minimum atomic E-state index is -0.287. The Hall–Kier alpha value is -2.89. The number of amides is 3. The monoisotopic (exact) mass is 338 g/mol. The van der Waals surface area contributed by atoms with Crippen molar-refractivity contribution >= 4 is 17.6 Å². The molecule has 1 fully saturated rings. The fraction of sp³-hybridized carbons (Fsp3) is 0.316. The average Bonchev–Trinajstić information content (AvgIpc) is 3.16. The van der Waals surface area contributed by atoms with Gasteiger partial charge in [0.25, 0.3) is 5.91 Å². The van der Waals surface area contributed by atoms with Gasteiger partial charge in [0.15, 0.2) is 0 Å². The van der Waals surface area contributed by atoms with E-state index in [2.05, 4.69) is 15.6 Å². The number of nitrogens with zero attached hydrogens (tertiary/aromatic N) is 2. The Morgan fingerprint density at radius 2 is 2.00 bits per heavy atom. The van der Waals surface area contributed by atoms with E-state index in [9.17, 15) is 9.59 Å². The van der Waals surface area contributed by atoms with Gasteiger partial charge in [0.2, 0.25) is 0 Å². The van der Waals surface area contributed by atoms with Crippen LogP contribution in [-0.2, 0) is 6.54 Å². The first-order valence-electron chi connectivity index (χ1n) is 8.47. The molecule has 130 valence electrons. The SMILES string of the molecule is Cc1cc(C(=O)N2CCCC2)ccc1NC(=O)NCc1cccnc1. The van der Waals surface area contributed by atoms with Crippen LogP contribution in [0, 0.1) is 6.92 Å². The Kier molecular flexibility index (Phi) is 5.28. The number of aryl methyl sites for hydroxylation is 1. The van der Waals surface area contributed by atoms with Crippen LogP contribution in [0.5, 0.6) is 0 Å². The average molecular weight is 338 g/mol. The molecule has 0 radical (unpaired) electrons. The van der Waals surface area contributed by atoms with Crippen molar-refractivity contribution < 1.29 is 9.59 Å². The maximum absolute atomic E-state index is 12.4. The first-order valence-corrected chi connectivity index (χ1v) is 8.47. The number of rotatable bonds is 4. The Morgan fingerprint density at radius 3 is 2.68 bits per heavy atom. The number of anilines is 1. The molecule has 1 aromatic heterocycles. The summed E-state index contributed by atoms with van der Waals surface area (Å²) in [6.45, 7) is 3.95. The smallest absolute Gasteiger partial charge is 0.319 e. The molecule has 1 aliphatic heterocycles. The number of hydrogen-bond acceptors (Lipinski definition) is 3. The number of aromatic nitrogens is 1. The lowest BCUT2D eigenvalue weighted by Crippen LogP contribution is -2.29. The number of pyridine rings is 1. The largest absolute Gasteiger partial charge is 0.339 e. The third-order valence-corrected chi connectivity index (χ3v) is 4.29. The van der Waals surface area contributed by atoms with Crippen LogP contribution in [0.1, 0.15) is 34.3 Å². The standard InChI is InChI=1S/C19H22N4O2/c1-14-11-16(18(24)23-9-2-3-10-23)6-7-17(14)22-19(25)21-13-15-5-4-8-20-12-15/h4-8,11-12H,2-3,9-10,13H2,1H3,(H2,21,22,25). The third kappa shape index (κ3) is 4.35. The van der Waals surface area contributed by atoms with Crippen LogP contribution in [0.25, 0.3) is 0 Å². The molecule has 6 heteroatoms. The lowest BCUT2D eigenvalue weighted by atomic mass is 10.1. The summed E-state index contributed by atoms with van der Waals surface area (Å²) in [5.74, 6) is 0.0631. The Bertz CT molecular complexity index is 755. The zero-order valence-electron chi connectivity index (χ0n) is 14.3. The zero-order valence-corrected chi connectivity index (χ0v) is 14.3. The summed E-state index contributed by atoms with van der Waals surface area (Å²) in [7, 11) is 0. The molecule has 0 bridgehead atoms. The van der Waals surface area contributed by atoms with Crippen molar-refractivity contribution in [2.24, 2.45) is 0 Å². The minimum absolute atomic E-state index is 0.0631. The molecule has 2 aromatic rings. The van der Waals surface area contributed by atoms with E-state index >= 15 is 0 Å². The second-order valence-corrected chi connectivity index (χ2v) is 6.20. The van der Waals surface area contributed by atoms with Gasteiger partial charge in [0.05, 0.1) is 0 Å². The van der Waals surface area contributed by atoms with Gasteiger partial charge < -0.3 is 15.5 Å². The van der Waals surface area contributed by atoms with Gasteiger partial charge in [-0.1, -0.05) is 6.07 Å². The molecule has 3 rings (SSSR count). The van der Waals surface area contributed by atoms with Crippen LogP contribution in [0.2, 0.25) is 0 Å². The Balaban J connectivity index is 1.59. The third-order valence-electron chi connectivity index (χ3n) is 4.29. The van der Waals surface area contributed by atoms with Crippen LogP contribution < -0.4 is 10.6 Å². The maximum atomic E-state index is 12.4. The number of nitrogens with one attached hydrogen (secondary N) is 2. The van der Waals surface area contributed by atoms with E-state index in [1.165, 1.54) is 0 Å². The van der Waals surface area contributed by atoms with Gasteiger partial charge in [0.1, 0.15) is 0 Å². The summed E-state index contributed by atoms with van der Waals surface area (Å²) in [6.07, 6.45) is 5.55. The Morgan fingerprint density at radius 1 is 1.20 bits per heavy atom. The first kappa shape index (κ1) is 17.0. The highest BCUT2D eigenvalue weighted by Crippen LogP contribution is 2.19. The normalized spacial score (nSPS) is 13.6. The van der Waals surface area contributed by atoms with E-state index in [1.54, 1.807) is 24.5 Å². The number of likely N-dealkylation sites (tertiary alicyclic amines) is 1. The van der Waals surface area contributed by atoms with Crippen LogP contribution in [-0.4, -0.2) is 34.9 Å². The number of benzene rings is 1. The number of urea groups is 1. The van der Waals surface area contributed by atoms with Crippen molar-refractivity contribution in [1.29, 1.82) is 0 Å². The second kappa shape index (κ2) is 7.79. The number of hydrogen-bond donors (Lipinski definition) is 2. The van der Waals surface area contributed by atoms with Crippen LogP contribution in [0.3, 0.4) is 0 Å². The quantitative estimate of drug-likeness (QED) is 0.900. The highest BCUT2D eigenvalue weighted by atomic mass is 16.2. The van der Waals surface area contributed by atoms with Gasteiger partial charge in [-0.2, -0.15) is 0 Å². The number of carbonyl (C=O) groups is 2. The van der Waals surface area contributed by atoms with Gasteiger partial charge in [-0.05, 0) is 55.2 Å². The fourth-order valence-electron chi connectivity index (χ4n) is 2.89. The molecule has 0 aliphatic carbocycles. The molecule has 0 unspecified atom stereocenters. The molecule has 6 nitrogen and oxygen atoms in total. The molecular weight excluding hydrogens is 316 g/mol. The lowest BCUT2D eigenvalue weighted by Gasteiger charge is -2.16. The highest BCUT2D eigenvalue weighted by molar-refractivity contribution is 5.96. The van der Waals surface area contributed by atoms with E-state index in [0.29, 0.717) is 17.8 Å². The van der Waals surface area contributed by atoms with Crippen molar-refractivity contribution in [3.8, 4) is 0 Å². The molecule has 1 aromatic carbocycles. The Labute approximate surface area is 147 Å². The van der Waals surface area contributed by atoms with E-state index in [0.717, 1.165) is 37.1 Å². The van der Waals surface area contributed by atoms with E-state index in [-0.39, 0.29) is 11.9 Å². The predicted octanol–water partition coefficient (Wildman–Crippen LogP) is 2.95. The summed E-state index contributed by atoms with van der Waals surface area (Å²) < 4.78 is 0. The van der Waals surface area contributed by atoms with Gasteiger partial charge in [-0.15, -0.1) is 0 Å². The van der Waals surface area contributed by atoms with Crippen molar-refractivity contribution in [2.75, 3.05) is 18.4 Å². The zero-order chi connectivity index (χ0) is 17.6. The summed E-state index contributed by atoms with van der Waals surface area (Å²) in [6, 6.07) is 8.82. The van der Waals surface area contributed by atoms with Crippen molar-refractivity contribution in [1.82, 2.24) is 15.2 Å². The minimum Gasteiger partial charge on any atom is -0.339 e. The van der Waals surface area contributed by atoms with Crippen molar-refractivity contribution in [2.45, 2.75) is 26.3 Å². The van der Waals surface area contributed by atoms with E-state index in [4.69, 9.17) is 0 Å². The van der Waals surface area contributed by atoms with Crippen molar-refractivity contribution in [3.63, 3.8) is 0 Å². The van der Waals surface area contributed by atoms with Gasteiger partial charge >= 0.3 is 6.03 Å². The van der Waals surface area contributed by atoms with Gasteiger partial charge in [-0.3, -0.25) is 9.78 Å². The van der Waals surface area contributed by atoms with Crippen molar-refractivity contribution in [3.05, 3.63) is 59.4 Å². The molecule has 1 saturated heterocycles. The molecule has 2 heterocycles. The van der Waals surface area contributed by atoms with E-state index in [1.807, 2.05) is 30.0 Å². The van der Waals surface area contributed by atoms with Crippen LogP contribution in [0.15, 0.2) is 42.7 Å². The second-order valence-electron chi connectivity index (χ2n) is 6.20. The molecule has 25 heavy (non-hydrogen) atoms. The molecule has 1 aliphatic rings. The summed E-state index contributed by atoms with van der Waals surface area (Å²) >= 11 is 0. The molecular formula is C19H22N4O2. The molecule has 2 N–H and O–H groups in total. The van der Waals surface area contributed by atoms with E-state index < -0.39 is 0 Å². The summed E-state index contributed by atoms with van der Waals surface area (Å²) in [5.41, 5.74) is 3.16. The van der Waals surface area contributed by atoms with Crippen LogP contribution >= 0.6 is 0 Å². The predicted molar refractivity (Wildman–Crippen MR) is 96.4 cm³/mol. The summed E-state index contributed by atoms with van der Waals surface area (Å²) in [4.78, 5) is 30.3. The molecule has 0 spiro atoms. The molecule has 0 saturated carbocycles. The topological polar surface area (TPSA) is 74.3 Å².